The van der Waals surface area contributed by atoms with Crippen LogP contribution in [0.1, 0.15) is 0 Å². The maximum absolute atomic E-state index is 2.33. The smallest absolute Gasteiger partial charge is 0.0462 e. The van der Waals surface area contributed by atoms with E-state index < -0.39 is 0 Å². The van der Waals surface area contributed by atoms with E-state index in [1.165, 1.54) is 65.7 Å². The van der Waals surface area contributed by atoms with Gasteiger partial charge in [0.25, 0.3) is 0 Å². The number of anilines is 3. The van der Waals surface area contributed by atoms with Crippen molar-refractivity contribution < 1.29 is 0 Å². The molecule has 0 radical (unpaired) electrons. The van der Waals surface area contributed by atoms with Gasteiger partial charge in [0.05, 0.1) is 0 Å². The minimum atomic E-state index is 1.11. The third-order valence-electron chi connectivity index (χ3n) is 9.64. The van der Waals surface area contributed by atoms with Crippen LogP contribution in [0.4, 0.5) is 17.1 Å². The minimum Gasteiger partial charge on any atom is -0.311 e. The van der Waals surface area contributed by atoms with Crippen LogP contribution >= 0.6 is 0 Å². The lowest BCUT2D eigenvalue weighted by atomic mass is 9.93. The third-order valence-corrected chi connectivity index (χ3v) is 9.64. The van der Waals surface area contributed by atoms with Gasteiger partial charge in [-0.25, -0.2) is 0 Å². The molecule has 0 bridgehead atoms. The molecule has 0 fully saturated rings. The number of hydrogen-bond acceptors (Lipinski definition) is 1. The van der Waals surface area contributed by atoms with Crippen LogP contribution in [0.2, 0.25) is 0 Å². The highest BCUT2D eigenvalue weighted by Crippen LogP contribution is 2.39. The zero-order valence-corrected chi connectivity index (χ0v) is 27.0. The van der Waals surface area contributed by atoms with E-state index in [0.717, 1.165) is 17.1 Å². The van der Waals surface area contributed by atoms with E-state index in [1.54, 1.807) is 0 Å². The Hall–Kier alpha value is -6.44. The summed E-state index contributed by atoms with van der Waals surface area (Å²) in [5.41, 5.74) is 10.7. The molecule has 9 aromatic carbocycles. The van der Waals surface area contributed by atoms with E-state index in [9.17, 15) is 0 Å². The van der Waals surface area contributed by atoms with Gasteiger partial charge >= 0.3 is 0 Å². The van der Waals surface area contributed by atoms with Crippen LogP contribution in [0.5, 0.6) is 0 Å². The van der Waals surface area contributed by atoms with Gasteiger partial charge in [0.2, 0.25) is 0 Å². The summed E-state index contributed by atoms with van der Waals surface area (Å²) in [5.74, 6) is 0. The molecular weight excluding hydrogens is 591 g/mol. The van der Waals surface area contributed by atoms with Gasteiger partial charge in [0, 0.05) is 17.1 Å². The van der Waals surface area contributed by atoms with Crippen LogP contribution in [-0.4, -0.2) is 0 Å². The molecule has 9 aromatic rings. The summed E-state index contributed by atoms with van der Waals surface area (Å²) in [4.78, 5) is 2.33. The molecule has 0 spiro atoms. The molecule has 9 rings (SSSR count). The summed E-state index contributed by atoms with van der Waals surface area (Å²) in [6, 6.07) is 72.3. The molecule has 1 nitrogen and oxygen atoms in total. The zero-order chi connectivity index (χ0) is 32.6. The van der Waals surface area contributed by atoms with Gasteiger partial charge in [-0.15, -0.1) is 0 Å². The second-order valence-corrected chi connectivity index (χ2v) is 12.6. The molecule has 230 valence electrons. The monoisotopic (exact) mass is 623 g/mol. The molecule has 0 saturated heterocycles. The van der Waals surface area contributed by atoms with Crippen molar-refractivity contribution in [3.8, 4) is 33.4 Å². The number of para-hydroxylation sites is 1. The molecule has 0 aliphatic carbocycles. The third kappa shape index (κ3) is 5.32. The van der Waals surface area contributed by atoms with Crippen LogP contribution in [-0.2, 0) is 0 Å². The summed E-state index contributed by atoms with van der Waals surface area (Å²) in [5, 5.41) is 7.64. The summed E-state index contributed by atoms with van der Waals surface area (Å²) in [6.07, 6.45) is 0. The molecule has 0 aliphatic heterocycles. The molecule has 0 heterocycles. The summed E-state index contributed by atoms with van der Waals surface area (Å²) < 4.78 is 0. The van der Waals surface area contributed by atoms with Crippen molar-refractivity contribution >= 4 is 49.4 Å². The van der Waals surface area contributed by atoms with Crippen LogP contribution in [0.25, 0.3) is 65.7 Å². The topological polar surface area (TPSA) is 3.24 Å². The van der Waals surface area contributed by atoms with Crippen molar-refractivity contribution in [2.45, 2.75) is 0 Å². The second-order valence-electron chi connectivity index (χ2n) is 12.6. The van der Waals surface area contributed by atoms with E-state index in [1.807, 2.05) is 0 Å². The maximum Gasteiger partial charge on any atom is 0.0462 e. The number of hydrogen-bond donors (Lipinski definition) is 0. The van der Waals surface area contributed by atoms with Crippen LogP contribution in [0.15, 0.2) is 200 Å². The van der Waals surface area contributed by atoms with E-state index in [2.05, 4.69) is 205 Å². The molecule has 0 saturated carbocycles. The van der Waals surface area contributed by atoms with Crippen molar-refractivity contribution in [1.29, 1.82) is 0 Å². The first-order valence-corrected chi connectivity index (χ1v) is 16.8. The Morgan fingerprint density at radius 1 is 0.245 bits per heavy atom. The highest BCUT2D eigenvalue weighted by Gasteiger charge is 2.15. The van der Waals surface area contributed by atoms with Gasteiger partial charge in [-0.2, -0.15) is 0 Å². The summed E-state index contributed by atoms with van der Waals surface area (Å²) in [7, 11) is 0. The molecular formula is C48H33N. The first-order chi connectivity index (χ1) is 24.3. The molecule has 1 heteroatoms. The standard InChI is InChI=1S/C48H33N/c1-2-17-40(18-3-1)49(42-30-26-36(27-31-42)48-33-39-13-5-7-20-45(39)46-21-8-9-22-47(46)48)41-28-24-34(25-29-41)37-15-10-16-38(32-37)44-23-11-14-35-12-4-6-19-43(35)44/h1-33H. The van der Waals surface area contributed by atoms with Gasteiger partial charge in [0.1, 0.15) is 0 Å². The quantitative estimate of drug-likeness (QED) is 0.167. The largest absolute Gasteiger partial charge is 0.311 e. The second kappa shape index (κ2) is 12.3. The van der Waals surface area contributed by atoms with Gasteiger partial charge < -0.3 is 4.90 Å². The van der Waals surface area contributed by atoms with E-state index in [-0.39, 0.29) is 0 Å². The van der Waals surface area contributed by atoms with Crippen LogP contribution < -0.4 is 4.90 Å². The van der Waals surface area contributed by atoms with Crippen LogP contribution in [0, 0.1) is 0 Å². The van der Waals surface area contributed by atoms with Crippen molar-refractivity contribution in [2.75, 3.05) is 4.90 Å². The number of benzene rings is 9. The SMILES string of the molecule is c1ccc(N(c2ccc(-c3cccc(-c4cccc5ccccc45)c3)cc2)c2ccc(-c3cc4ccccc4c4ccccc34)cc2)cc1. The highest BCUT2D eigenvalue weighted by molar-refractivity contribution is 6.13. The Bertz CT molecular complexity index is 2580. The van der Waals surface area contributed by atoms with Gasteiger partial charge in [-0.05, 0) is 114 Å². The molecule has 49 heavy (non-hydrogen) atoms. The van der Waals surface area contributed by atoms with E-state index in [0.29, 0.717) is 0 Å². The molecule has 0 aliphatic rings. The fraction of sp³-hybridized carbons (Fsp3) is 0. The van der Waals surface area contributed by atoms with E-state index >= 15 is 0 Å². The minimum absolute atomic E-state index is 1.11. The Balaban J connectivity index is 1.08. The Morgan fingerprint density at radius 2 is 0.776 bits per heavy atom. The summed E-state index contributed by atoms with van der Waals surface area (Å²) in [6.45, 7) is 0. The Kier molecular flexibility index (Phi) is 7.22. The zero-order valence-electron chi connectivity index (χ0n) is 27.0. The van der Waals surface area contributed by atoms with Crippen molar-refractivity contribution in [2.24, 2.45) is 0 Å². The summed E-state index contributed by atoms with van der Waals surface area (Å²) >= 11 is 0. The number of nitrogens with zero attached hydrogens (tertiary/aromatic N) is 1. The molecule has 0 atom stereocenters. The normalized spacial score (nSPS) is 11.3. The molecule has 0 N–H and O–H groups in total. The Labute approximate surface area is 287 Å². The van der Waals surface area contributed by atoms with Crippen molar-refractivity contribution in [1.82, 2.24) is 0 Å². The fourth-order valence-corrected chi connectivity index (χ4v) is 7.25. The fourth-order valence-electron chi connectivity index (χ4n) is 7.25. The van der Waals surface area contributed by atoms with Gasteiger partial charge in [-0.3, -0.25) is 0 Å². The molecule has 0 amide bonds. The predicted octanol–water partition coefficient (Wildman–Crippen LogP) is 13.6. The highest BCUT2D eigenvalue weighted by atomic mass is 15.1. The van der Waals surface area contributed by atoms with Crippen molar-refractivity contribution in [3.63, 3.8) is 0 Å². The van der Waals surface area contributed by atoms with Gasteiger partial charge in [-0.1, -0.05) is 152 Å². The lowest BCUT2D eigenvalue weighted by molar-refractivity contribution is 1.28. The lowest BCUT2D eigenvalue weighted by Crippen LogP contribution is -2.09. The van der Waals surface area contributed by atoms with E-state index in [4.69, 9.17) is 0 Å². The average Bonchev–Trinajstić information content (AvgIpc) is 3.18. The lowest BCUT2D eigenvalue weighted by Gasteiger charge is -2.26. The maximum atomic E-state index is 2.33. The van der Waals surface area contributed by atoms with Crippen molar-refractivity contribution in [3.05, 3.63) is 200 Å². The number of rotatable bonds is 6. The average molecular weight is 624 g/mol. The van der Waals surface area contributed by atoms with Gasteiger partial charge in [0.15, 0.2) is 0 Å². The number of fused-ring (bicyclic) bond motifs is 4. The molecule has 0 aromatic heterocycles. The predicted molar refractivity (Wildman–Crippen MR) is 210 cm³/mol. The molecule has 0 unspecified atom stereocenters. The first kappa shape index (κ1) is 28.8. The first-order valence-electron chi connectivity index (χ1n) is 16.8. The Morgan fingerprint density at radius 3 is 1.53 bits per heavy atom. The van der Waals surface area contributed by atoms with Crippen LogP contribution in [0.3, 0.4) is 0 Å².